The zero-order chi connectivity index (χ0) is 32.8. The van der Waals surface area contributed by atoms with Crippen LogP contribution in [-0.4, -0.2) is 36.1 Å². The van der Waals surface area contributed by atoms with Gasteiger partial charge in [0.2, 0.25) is 5.82 Å². The molecule has 3 atom stereocenters. The number of Topliss-reactive ketones (excluding diaryl/α,β-unsaturated/α-hetero) is 2. The van der Waals surface area contributed by atoms with Crippen LogP contribution in [0.25, 0.3) is 5.57 Å². The third kappa shape index (κ3) is 7.25. The number of allylic oxidation sites excluding steroid dienone is 5. The van der Waals surface area contributed by atoms with Crippen molar-refractivity contribution in [2.75, 3.05) is 12.4 Å². The first-order chi connectivity index (χ1) is 22.2. The number of nitrogens with zero attached hydrogens (tertiary/aromatic N) is 1. The molecule has 9 heteroatoms. The van der Waals surface area contributed by atoms with Gasteiger partial charge in [0.05, 0.1) is 24.6 Å². The van der Waals surface area contributed by atoms with Gasteiger partial charge in [0.25, 0.3) is 0 Å². The summed E-state index contributed by atoms with van der Waals surface area (Å²) in [5.74, 6) is -2.53. The average Bonchev–Trinajstić information content (AvgIpc) is 3.49. The van der Waals surface area contributed by atoms with Gasteiger partial charge in [-0.25, -0.2) is 4.39 Å². The molecular weight excluding hydrogens is 586 g/mol. The molecule has 1 saturated carbocycles. The van der Waals surface area contributed by atoms with Crippen LogP contribution in [0.1, 0.15) is 86.2 Å². The molecule has 0 bridgehead atoms. The highest BCUT2D eigenvalue weighted by molar-refractivity contribution is 6.13. The molecule has 7 nitrogen and oxygen atoms in total. The molecule has 4 N–H and O–H groups in total. The zero-order valence-corrected chi connectivity index (χ0v) is 26.5. The molecule has 242 valence electrons. The van der Waals surface area contributed by atoms with E-state index in [4.69, 9.17) is 20.9 Å². The van der Waals surface area contributed by atoms with Gasteiger partial charge >= 0.3 is 0 Å². The maximum absolute atomic E-state index is 15.1. The van der Waals surface area contributed by atoms with Gasteiger partial charge in [0, 0.05) is 47.0 Å². The Kier molecular flexibility index (Phi) is 10.7. The van der Waals surface area contributed by atoms with Crippen molar-refractivity contribution in [1.29, 1.82) is 5.41 Å². The molecule has 1 aliphatic heterocycles. The number of carbonyl (C=O) groups excluding carboxylic acids is 2. The molecule has 0 radical (unpaired) electrons. The summed E-state index contributed by atoms with van der Waals surface area (Å²) in [6.45, 7) is 1.99. The first-order valence-corrected chi connectivity index (χ1v) is 16.2. The maximum Gasteiger partial charge on any atom is 0.201 e. The van der Waals surface area contributed by atoms with Crippen LogP contribution >= 0.6 is 0 Å². The van der Waals surface area contributed by atoms with Gasteiger partial charge in [-0.15, -0.1) is 0 Å². The Labute approximate surface area is 269 Å². The summed E-state index contributed by atoms with van der Waals surface area (Å²) in [5, 5.41) is 11.9. The molecule has 0 aromatic heterocycles. The quantitative estimate of drug-likeness (QED) is 0.134. The monoisotopic (exact) mass is 628 g/mol. The second kappa shape index (κ2) is 14.9. The molecule has 2 unspecified atom stereocenters. The lowest BCUT2D eigenvalue weighted by Crippen LogP contribution is -2.39. The second-order valence-corrected chi connectivity index (χ2v) is 12.2. The van der Waals surface area contributed by atoms with Crippen molar-refractivity contribution in [2.24, 2.45) is 22.6 Å². The lowest BCUT2D eigenvalue weighted by atomic mass is 9.81. The van der Waals surface area contributed by atoms with E-state index in [9.17, 15) is 14.0 Å². The number of methoxy groups -OCH3 is 1. The number of halogens is 2. The average molecular weight is 629 g/mol. The Morgan fingerprint density at radius 2 is 1.96 bits per heavy atom. The number of hydrogen-bond acceptors (Lipinski definition) is 7. The zero-order valence-electron chi connectivity index (χ0n) is 26.5. The third-order valence-electron chi connectivity index (χ3n) is 9.22. The fourth-order valence-electron chi connectivity index (χ4n) is 6.64. The molecule has 2 aliphatic carbocycles. The molecule has 3 aliphatic rings. The number of carbonyl (C=O) groups is 2. The van der Waals surface area contributed by atoms with E-state index in [1.807, 2.05) is 25.1 Å². The van der Waals surface area contributed by atoms with E-state index >= 15 is 4.39 Å². The minimum Gasteiger partial charge on any atom is -0.494 e. The summed E-state index contributed by atoms with van der Waals surface area (Å²) in [4.78, 5) is 30.3. The van der Waals surface area contributed by atoms with Crippen molar-refractivity contribution < 1.29 is 23.1 Å². The van der Waals surface area contributed by atoms with E-state index in [1.165, 1.54) is 19.2 Å². The highest BCUT2D eigenvalue weighted by atomic mass is 19.2. The van der Waals surface area contributed by atoms with Crippen molar-refractivity contribution in [2.45, 2.75) is 77.2 Å². The molecule has 5 rings (SSSR count). The number of ether oxygens (including phenoxy) is 1. The number of nitrogens with one attached hydrogen (secondary N) is 2. The van der Waals surface area contributed by atoms with E-state index in [0.717, 1.165) is 48.3 Å². The van der Waals surface area contributed by atoms with Gasteiger partial charge in [0.15, 0.2) is 23.1 Å². The summed E-state index contributed by atoms with van der Waals surface area (Å²) >= 11 is 0. The molecule has 0 amide bonds. The van der Waals surface area contributed by atoms with Crippen LogP contribution in [-0.2, 0) is 11.2 Å². The molecule has 1 heterocycles. The molecule has 0 saturated heterocycles. The number of aryl methyl sites for hydroxylation is 1. The van der Waals surface area contributed by atoms with Gasteiger partial charge in [-0.1, -0.05) is 31.6 Å². The van der Waals surface area contributed by atoms with Gasteiger partial charge in [-0.2, -0.15) is 4.39 Å². The molecule has 1 fully saturated rings. The second-order valence-electron chi connectivity index (χ2n) is 12.2. The minimum atomic E-state index is -1.02. The van der Waals surface area contributed by atoms with Gasteiger partial charge in [-0.3, -0.25) is 14.6 Å². The number of ketones is 2. The predicted molar refractivity (Wildman–Crippen MR) is 179 cm³/mol. The maximum atomic E-state index is 15.1. The van der Waals surface area contributed by atoms with Gasteiger partial charge in [0.1, 0.15) is 0 Å². The first-order valence-electron chi connectivity index (χ1n) is 16.2. The van der Waals surface area contributed by atoms with Crippen LogP contribution in [0.3, 0.4) is 0 Å². The highest BCUT2D eigenvalue weighted by Crippen LogP contribution is 2.39. The highest BCUT2D eigenvalue weighted by Gasteiger charge is 2.32. The van der Waals surface area contributed by atoms with E-state index < -0.39 is 17.7 Å². The SMILES string of the molecule is CCc1cc(N/C2=C\C/C=C\CCC3C(c4ccc(OC)c(F)c4F)=CN=C23)ccc1C(=O)CC(=N)CCC1CCC[C@H](N)C1=O. The van der Waals surface area contributed by atoms with Crippen molar-refractivity contribution in [3.05, 3.63) is 88.8 Å². The fraction of sp³-hybridized carbons (Fsp3) is 0.405. The number of anilines is 1. The summed E-state index contributed by atoms with van der Waals surface area (Å²) in [6, 6.07) is 8.15. The lowest BCUT2D eigenvalue weighted by molar-refractivity contribution is -0.126. The van der Waals surface area contributed by atoms with E-state index in [0.29, 0.717) is 49.0 Å². The van der Waals surface area contributed by atoms with Crippen molar-refractivity contribution in [3.63, 3.8) is 0 Å². The van der Waals surface area contributed by atoms with Crippen LogP contribution in [0.2, 0.25) is 0 Å². The Hall–Kier alpha value is -4.24. The van der Waals surface area contributed by atoms with E-state index in [-0.39, 0.29) is 41.1 Å². The Morgan fingerprint density at radius 3 is 2.74 bits per heavy atom. The molecule has 46 heavy (non-hydrogen) atoms. The molecule has 2 aromatic rings. The molecule has 2 aromatic carbocycles. The number of nitrogens with two attached hydrogens (primary N) is 1. The molecular formula is C37H42F2N4O3. The number of fused-ring (bicyclic) bond motifs is 1. The third-order valence-corrected chi connectivity index (χ3v) is 9.22. The lowest BCUT2D eigenvalue weighted by Gasteiger charge is -2.25. The van der Waals surface area contributed by atoms with Crippen molar-refractivity contribution >= 4 is 34.3 Å². The fourth-order valence-corrected chi connectivity index (χ4v) is 6.64. The first kappa shape index (κ1) is 33.1. The Bertz CT molecular complexity index is 1640. The predicted octanol–water partition coefficient (Wildman–Crippen LogP) is 7.75. The smallest absolute Gasteiger partial charge is 0.201 e. The van der Waals surface area contributed by atoms with Crippen LogP contribution < -0.4 is 15.8 Å². The van der Waals surface area contributed by atoms with E-state index in [1.54, 1.807) is 12.3 Å². The summed E-state index contributed by atoms with van der Waals surface area (Å²) in [7, 11) is 1.30. The minimum absolute atomic E-state index is 0.0136. The van der Waals surface area contributed by atoms with Gasteiger partial charge in [-0.05, 0) is 92.8 Å². The summed E-state index contributed by atoms with van der Waals surface area (Å²) in [6.07, 6.45) is 14.0. The summed E-state index contributed by atoms with van der Waals surface area (Å²) < 4.78 is 34.7. The van der Waals surface area contributed by atoms with Crippen LogP contribution in [0.5, 0.6) is 5.75 Å². The van der Waals surface area contributed by atoms with Crippen LogP contribution in [0.4, 0.5) is 14.5 Å². The van der Waals surface area contributed by atoms with E-state index in [2.05, 4.69) is 17.5 Å². The number of benzene rings is 2. The number of rotatable bonds is 11. The number of hydrogen-bond donors (Lipinski definition) is 3. The number of aliphatic imine (C=N–C) groups is 1. The topological polar surface area (TPSA) is 118 Å². The molecule has 0 spiro atoms. The largest absolute Gasteiger partial charge is 0.494 e. The summed E-state index contributed by atoms with van der Waals surface area (Å²) in [5.41, 5.74) is 10.8. The Morgan fingerprint density at radius 1 is 1.13 bits per heavy atom. The van der Waals surface area contributed by atoms with Crippen LogP contribution in [0, 0.1) is 28.9 Å². The standard InChI is InChI=1S/C37H42F2N4O3/c1-3-22-19-25(15-16-26(22)32(44)20-24(40)14-13-23-9-8-11-30(41)37(23)45)43-31-12-7-5-4-6-10-28-29(21-42-36(28)31)27-17-18-33(46-2)35(39)34(27)38/h4-5,12,15-19,21,23,28,30,40,43H,3,6-11,13-14,20,41H2,1-2H3/b5-4-,31-12-,40-24?/t23?,28?,30-/m0/s1. The normalized spacial score (nSPS) is 23.1. The van der Waals surface area contributed by atoms with Gasteiger partial charge < -0.3 is 21.2 Å². The van der Waals surface area contributed by atoms with Crippen molar-refractivity contribution in [1.82, 2.24) is 0 Å². The van der Waals surface area contributed by atoms with Crippen molar-refractivity contribution in [3.8, 4) is 5.75 Å². The van der Waals surface area contributed by atoms with Crippen LogP contribution in [0.15, 0.2) is 65.4 Å². The Balaban J connectivity index is 1.29.